The van der Waals surface area contributed by atoms with Crippen LogP contribution in [0.3, 0.4) is 0 Å². The molecule has 1 saturated heterocycles. The van der Waals surface area contributed by atoms with Gasteiger partial charge >= 0.3 is 0 Å². The molecule has 1 unspecified atom stereocenters. The first kappa shape index (κ1) is 7.25. The van der Waals surface area contributed by atoms with Gasteiger partial charge in [0.15, 0.2) is 0 Å². The quantitative estimate of drug-likeness (QED) is 0.460. The molecule has 1 rings (SSSR count). The van der Waals surface area contributed by atoms with Gasteiger partial charge in [-0.2, -0.15) is 0 Å². The van der Waals surface area contributed by atoms with Crippen LogP contribution in [0.1, 0.15) is 26.2 Å². The molecule has 1 aliphatic rings. The van der Waals surface area contributed by atoms with Crippen LogP contribution in [0.25, 0.3) is 0 Å². The molecular weight excluding hydrogens is 130 g/mol. The third-order valence-corrected chi connectivity index (χ3v) is 4.71. The van der Waals surface area contributed by atoms with Crippen LogP contribution in [-0.4, -0.2) is 14.7 Å². The Bertz CT molecular complexity index is 87.5. The van der Waals surface area contributed by atoms with E-state index in [9.17, 15) is 0 Å². The summed E-state index contributed by atoms with van der Waals surface area (Å²) in [5, 5.41) is 0.231. The molecule has 0 saturated carbocycles. The molecular formula is C6H15NOSi. The third-order valence-electron chi connectivity index (χ3n) is 2.22. The van der Waals surface area contributed by atoms with Gasteiger partial charge in [0.1, 0.15) is 0 Å². The second-order valence-electron chi connectivity index (χ2n) is 2.90. The van der Waals surface area contributed by atoms with Crippen LogP contribution in [0.4, 0.5) is 0 Å². The van der Waals surface area contributed by atoms with Crippen molar-refractivity contribution in [3.63, 3.8) is 0 Å². The Kier molecular flexibility index (Phi) is 2.27. The molecule has 2 nitrogen and oxygen atoms in total. The summed E-state index contributed by atoms with van der Waals surface area (Å²) < 4.78 is 0. The SMILES string of the molecule is CCCC1(ON)CC[SiH2]1. The Morgan fingerprint density at radius 1 is 1.78 bits per heavy atom. The minimum Gasteiger partial charge on any atom is -0.302 e. The van der Waals surface area contributed by atoms with E-state index in [2.05, 4.69) is 6.92 Å². The van der Waals surface area contributed by atoms with Crippen molar-refractivity contribution in [2.45, 2.75) is 37.5 Å². The molecule has 1 aliphatic heterocycles. The summed E-state index contributed by atoms with van der Waals surface area (Å²) in [5.41, 5.74) is 0. The molecule has 1 heterocycles. The van der Waals surface area contributed by atoms with Crippen molar-refractivity contribution in [2.75, 3.05) is 0 Å². The van der Waals surface area contributed by atoms with Crippen molar-refractivity contribution < 1.29 is 4.84 Å². The van der Waals surface area contributed by atoms with Crippen molar-refractivity contribution >= 4 is 9.52 Å². The molecule has 0 aromatic carbocycles. The van der Waals surface area contributed by atoms with Crippen LogP contribution < -0.4 is 5.90 Å². The van der Waals surface area contributed by atoms with Crippen molar-refractivity contribution in [2.24, 2.45) is 5.90 Å². The van der Waals surface area contributed by atoms with Gasteiger partial charge in [0.25, 0.3) is 0 Å². The summed E-state index contributed by atoms with van der Waals surface area (Å²) in [6.07, 6.45) is 3.63. The lowest BCUT2D eigenvalue weighted by atomic mass is 10.1. The summed E-state index contributed by atoms with van der Waals surface area (Å²) >= 11 is 0. The first-order valence-electron chi connectivity index (χ1n) is 3.71. The molecule has 0 aliphatic carbocycles. The minimum absolute atomic E-state index is 0.0538. The summed E-state index contributed by atoms with van der Waals surface area (Å²) in [7, 11) is 0.0538. The smallest absolute Gasteiger partial charge is 0.0723 e. The van der Waals surface area contributed by atoms with Gasteiger partial charge in [-0.1, -0.05) is 19.4 Å². The van der Waals surface area contributed by atoms with Crippen LogP contribution in [0.15, 0.2) is 0 Å². The summed E-state index contributed by atoms with van der Waals surface area (Å²) in [5.74, 6) is 5.19. The fourth-order valence-corrected chi connectivity index (χ4v) is 3.32. The second kappa shape index (κ2) is 2.81. The Hall–Kier alpha value is 0.137. The number of rotatable bonds is 3. The zero-order valence-electron chi connectivity index (χ0n) is 6.02. The van der Waals surface area contributed by atoms with E-state index in [0.29, 0.717) is 0 Å². The maximum absolute atomic E-state index is 5.19. The molecule has 3 heteroatoms. The van der Waals surface area contributed by atoms with E-state index in [-0.39, 0.29) is 14.7 Å². The Morgan fingerprint density at radius 2 is 2.44 bits per heavy atom. The van der Waals surface area contributed by atoms with Crippen molar-refractivity contribution in [3.8, 4) is 0 Å². The highest BCUT2D eigenvalue weighted by atomic mass is 28.2. The van der Waals surface area contributed by atoms with Crippen LogP contribution >= 0.6 is 0 Å². The Morgan fingerprint density at radius 3 is 2.56 bits per heavy atom. The summed E-state index contributed by atoms with van der Waals surface area (Å²) in [4.78, 5) is 4.98. The molecule has 54 valence electrons. The standard InChI is InChI=1S/C6H15NOSi/c1-2-3-6(8-7)4-5-9-6/h2-5,7,9H2,1H3. The van der Waals surface area contributed by atoms with Crippen molar-refractivity contribution in [1.82, 2.24) is 0 Å². The van der Waals surface area contributed by atoms with Crippen LogP contribution in [-0.2, 0) is 4.84 Å². The predicted octanol–water partition coefficient (Wildman–Crippen LogP) is 0.364. The number of nitrogens with two attached hydrogens (primary N) is 1. The van der Waals surface area contributed by atoms with E-state index < -0.39 is 0 Å². The summed E-state index contributed by atoms with van der Waals surface area (Å²) in [6, 6.07) is 1.43. The van der Waals surface area contributed by atoms with Crippen LogP contribution in [0.5, 0.6) is 0 Å². The van der Waals surface area contributed by atoms with E-state index >= 15 is 0 Å². The van der Waals surface area contributed by atoms with E-state index in [1.165, 1.54) is 25.3 Å². The van der Waals surface area contributed by atoms with E-state index in [4.69, 9.17) is 10.7 Å². The highest BCUT2D eigenvalue weighted by molar-refractivity contribution is 6.43. The number of hydrogen-bond donors (Lipinski definition) is 1. The van der Waals surface area contributed by atoms with Gasteiger partial charge < -0.3 is 4.84 Å². The highest BCUT2D eigenvalue weighted by Gasteiger charge is 2.36. The lowest BCUT2D eigenvalue weighted by Gasteiger charge is -2.38. The van der Waals surface area contributed by atoms with Crippen LogP contribution in [0.2, 0.25) is 6.04 Å². The lowest BCUT2D eigenvalue weighted by molar-refractivity contribution is -0.00924. The molecule has 0 amide bonds. The Labute approximate surface area is 58.5 Å². The number of hydrogen-bond acceptors (Lipinski definition) is 2. The highest BCUT2D eigenvalue weighted by Crippen LogP contribution is 2.31. The summed E-state index contributed by atoms with van der Waals surface area (Å²) in [6.45, 7) is 2.19. The molecule has 2 N–H and O–H groups in total. The Balaban J connectivity index is 2.28. The first-order chi connectivity index (χ1) is 4.33. The van der Waals surface area contributed by atoms with Gasteiger partial charge in [-0.25, -0.2) is 5.90 Å². The normalized spacial score (nSPS) is 36.7. The van der Waals surface area contributed by atoms with Gasteiger partial charge in [0.05, 0.1) is 14.7 Å². The van der Waals surface area contributed by atoms with Gasteiger partial charge in [0, 0.05) is 0 Å². The predicted molar refractivity (Wildman–Crippen MR) is 40.9 cm³/mol. The molecule has 0 aromatic rings. The maximum atomic E-state index is 5.19. The largest absolute Gasteiger partial charge is 0.302 e. The molecule has 0 spiro atoms. The van der Waals surface area contributed by atoms with Gasteiger partial charge in [-0.15, -0.1) is 0 Å². The van der Waals surface area contributed by atoms with E-state index in [1.54, 1.807) is 0 Å². The molecule has 0 bridgehead atoms. The topological polar surface area (TPSA) is 35.2 Å². The fraction of sp³-hybridized carbons (Fsp3) is 1.00. The zero-order chi connectivity index (χ0) is 6.74. The van der Waals surface area contributed by atoms with Gasteiger partial charge in [-0.3, -0.25) is 0 Å². The zero-order valence-corrected chi connectivity index (χ0v) is 7.44. The molecule has 9 heavy (non-hydrogen) atoms. The minimum atomic E-state index is 0.0538. The molecule has 1 atom stereocenters. The fourth-order valence-electron chi connectivity index (χ4n) is 1.45. The molecule has 0 aromatic heterocycles. The lowest BCUT2D eigenvalue weighted by Crippen LogP contribution is -2.49. The third kappa shape index (κ3) is 1.34. The molecule has 0 radical (unpaired) electrons. The average Bonchev–Trinajstić information content (AvgIpc) is 1.79. The van der Waals surface area contributed by atoms with Gasteiger partial charge in [-0.05, 0) is 12.8 Å². The van der Waals surface area contributed by atoms with E-state index in [1.807, 2.05) is 0 Å². The van der Waals surface area contributed by atoms with Gasteiger partial charge in [0.2, 0.25) is 0 Å². The van der Waals surface area contributed by atoms with Crippen LogP contribution in [0, 0.1) is 0 Å². The monoisotopic (exact) mass is 145 g/mol. The second-order valence-corrected chi connectivity index (χ2v) is 5.40. The first-order valence-corrected chi connectivity index (χ1v) is 5.41. The van der Waals surface area contributed by atoms with E-state index in [0.717, 1.165) is 0 Å². The maximum Gasteiger partial charge on any atom is 0.0723 e. The van der Waals surface area contributed by atoms with Crippen molar-refractivity contribution in [3.05, 3.63) is 0 Å². The average molecular weight is 145 g/mol. The van der Waals surface area contributed by atoms with Crippen molar-refractivity contribution in [1.29, 1.82) is 0 Å². The molecule has 1 fully saturated rings.